The zero-order valence-electron chi connectivity index (χ0n) is 13.9. The number of benzene rings is 3. The standard InChI is InChI=1S/C21H22NP/c1-16-14-17(2)21(22-3)20(15-16)23(18-10-6-4-7-11-18)19-12-8-5-9-13-19/h4-15,22H,1-3H3. The van der Waals surface area contributed by atoms with Crippen molar-refractivity contribution in [3.05, 3.63) is 83.9 Å². The van der Waals surface area contributed by atoms with Gasteiger partial charge in [0.15, 0.2) is 0 Å². The van der Waals surface area contributed by atoms with Crippen LogP contribution in [0.15, 0.2) is 72.8 Å². The third-order valence-electron chi connectivity index (χ3n) is 3.98. The van der Waals surface area contributed by atoms with E-state index in [0.29, 0.717) is 0 Å². The first-order valence-corrected chi connectivity index (χ1v) is 9.24. The maximum Gasteiger partial charge on any atom is 0.0452 e. The molecular weight excluding hydrogens is 297 g/mol. The van der Waals surface area contributed by atoms with Crippen LogP contribution in [0.5, 0.6) is 0 Å². The second-order valence-electron chi connectivity index (χ2n) is 5.73. The van der Waals surface area contributed by atoms with Crippen molar-refractivity contribution in [1.29, 1.82) is 0 Å². The van der Waals surface area contributed by atoms with Crippen LogP contribution in [0.2, 0.25) is 0 Å². The van der Waals surface area contributed by atoms with Gasteiger partial charge in [-0.05, 0) is 44.0 Å². The molecule has 0 aromatic heterocycles. The molecule has 3 aromatic rings. The van der Waals surface area contributed by atoms with Crippen molar-refractivity contribution in [2.24, 2.45) is 0 Å². The van der Waals surface area contributed by atoms with Crippen LogP contribution in [0.25, 0.3) is 0 Å². The molecule has 0 aliphatic rings. The van der Waals surface area contributed by atoms with Gasteiger partial charge in [-0.3, -0.25) is 0 Å². The average molecular weight is 319 g/mol. The molecule has 0 amide bonds. The van der Waals surface area contributed by atoms with Gasteiger partial charge in [0.1, 0.15) is 0 Å². The van der Waals surface area contributed by atoms with Crippen molar-refractivity contribution < 1.29 is 0 Å². The van der Waals surface area contributed by atoms with E-state index in [2.05, 4.69) is 92.0 Å². The molecule has 3 aromatic carbocycles. The molecule has 0 fully saturated rings. The Morgan fingerprint density at radius 2 is 1.26 bits per heavy atom. The van der Waals surface area contributed by atoms with Gasteiger partial charge in [-0.1, -0.05) is 72.3 Å². The van der Waals surface area contributed by atoms with Crippen molar-refractivity contribution in [1.82, 2.24) is 0 Å². The summed E-state index contributed by atoms with van der Waals surface area (Å²) < 4.78 is 0. The van der Waals surface area contributed by atoms with Crippen molar-refractivity contribution in [3.8, 4) is 0 Å². The van der Waals surface area contributed by atoms with E-state index in [-0.39, 0.29) is 0 Å². The van der Waals surface area contributed by atoms with E-state index in [0.717, 1.165) is 0 Å². The maximum atomic E-state index is 3.43. The van der Waals surface area contributed by atoms with Crippen LogP contribution in [-0.2, 0) is 0 Å². The first kappa shape index (κ1) is 15.8. The Labute approximate surface area is 140 Å². The van der Waals surface area contributed by atoms with Crippen molar-refractivity contribution in [2.75, 3.05) is 12.4 Å². The monoisotopic (exact) mass is 319 g/mol. The molecule has 0 radical (unpaired) electrons. The third kappa shape index (κ3) is 3.30. The highest BCUT2D eigenvalue weighted by atomic mass is 31.1. The minimum Gasteiger partial charge on any atom is -0.387 e. The molecule has 23 heavy (non-hydrogen) atoms. The summed E-state index contributed by atoms with van der Waals surface area (Å²) in [7, 11) is 1.45. The molecule has 3 rings (SSSR count). The van der Waals surface area contributed by atoms with E-state index in [9.17, 15) is 0 Å². The molecule has 116 valence electrons. The Bertz CT molecular complexity index is 742. The SMILES string of the molecule is CNc1c(C)cc(C)cc1P(c1ccccc1)c1ccccc1. The number of nitrogens with one attached hydrogen (secondary N) is 1. The van der Waals surface area contributed by atoms with Crippen LogP contribution >= 0.6 is 7.92 Å². The number of aryl methyl sites for hydroxylation is 2. The first-order chi connectivity index (χ1) is 11.2. The highest BCUT2D eigenvalue weighted by molar-refractivity contribution is 7.80. The molecule has 0 heterocycles. The Morgan fingerprint density at radius 3 is 1.74 bits per heavy atom. The zero-order chi connectivity index (χ0) is 16.2. The van der Waals surface area contributed by atoms with E-state index in [1.54, 1.807) is 0 Å². The second kappa shape index (κ2) is 6.98. The first-order valence-electron chi connectivity index (χ1n) is 7.90. The fourth-order valence-electron chi connectivity index (χ4n) is 3.03. The fraction of sp³-hybridized carbons (Fsp3) is 0.143. The molecule has 2 heteroatoms. The third-order valence-corrected chi connectivity index (χ3v) is 6.44. The fourth-order valence-corrected chi connectivity index (χ4v) is 5.67. The summed E-state index contributed by atoms with van der Waals surface area (Å²) >= 11 is 0. The Balaban J connectivity index is 2.25. The summed E-state index contributed by atoms with van der Waals surface area (Å²) in [5, 5.41) is 7.60. The van der Waals surface area contributed by atoms with Gasteiger partial charge in [0.05, 0.1) is 0 Å². The molecule has 0 bridgehead atoms. The van der Waals surface area contributed by atoms with Crippen LogP contribution in [-0.4, -0.2) is 7.05 Å². The Morgan fingerprint density at radius 1 is 0.739 bits per heavy atom. The molecule has 0 saturated heterocycles. The lowest BCUT2D eigenvalue weighted by Crippen LogP contribution is -2.23. The quantitative estimate of drug-likeness (QED) is 0.714. The van der Waals surface area contributed by atoms with Gasteiger partial charge in [-0.2, -0.15) is 0 Å². The van der Waals surface area contributed by atoms with Crippen LogP contribution in [0.1, 0.15) is 11.1 Å². The summed E-state index contributed by atoms with van der Waals surface area (Å²) in [4.78, 5) is 0. The summed E-state index contributed by atoms with van der Waals surface area (Å²) in [5.74, 6) is 0. The van der Waals surface area contributed by atoms with Crippen molar-refractivity contribution in [3.63, 3.8) is 0 Å². The van der Waals surface area contributed by atoms with Crippen molar-refractivity contribution in [2.45, 2.75) is 13.8 Å². The number of rotatable bonds is 4. The van der Waals surface area contributed by atoms with Crippen LogP contribution < -0.4 is 21.2 Å². The van der Waals surface area contributed by atoms with E-state index in [4.69, 9.17) is 0 Å². The second-order valence-corrected chi connectivity index (χ2v) is 7.92. The lowest BCUT2D eigenvalue weighted by Gasteiger charge is -2.24. The molecule has 0 saturated carbocycles. The van der Waals surface area contributed by atoms with E-state index < -0.39 is 7.92 Å². The van der Waals surface area contributed by atoms with Crippen LogP contribution in [0, 0.1) is 13.8 Å². The van der Waals surface area contributed by atoms with E-state index >= 15 is 0 Å². The van der Waals surface area contributed by atoms with Gasteiger partial charge in [0, 0.05) is 18.0 Å². The minimum absolute atomic E-state index is 0.568. The maximum absolute atomic E-state index is 3.43. The largest absolute Gasteiger partial charge is 0.387 e. The lowest BCUT2D eigenvalue weighted by molar-refractivity contribution is 1.37. The van der Waals surface area contributed by atoms with Gasteiger partial charge in [-0.25, -0.2) is 0 Å². The van der Waals surface area contributed by atoms with E-state index in [1.807, 2.05) is 7.05 Å². The highest BCUT2D eigenvalue weighted by Gasteiger charge is 2.20. The summed E-state index contributed by atoms with van der Waals surface area (Å²) in [6.45, 7) is 4.37. The molecule has 1 N–H and O–H groups in total. The predicted molar refractivity (Wildman–Crippen MR) is 104 cm³/mol. The van der Waals surface area contributed by atoms with Gasteiger partial charge < -0.3 is 5.32 Å². The zero-order valence-corrected chi connectivity index (χ0v) is 14.8. The number of anilines is 1. The summed E-state index contributed by atoms with van der Waals surface area (Å²) in [6.07, 6.45) is 0. The molecule has 0 unspecified atom stereocenters. The smallest absolute Gasteiger partial charge is 0.0452 e. The van der Waals surface area contributed by atoms with Gasteiger partial charge in [0.25, 0.3) is 0 Å². The number of hydrogen-bond donors (Lipinski definition) is 1. The van der Waals surface area contributed by atoms with Crippen LogP contribution in [0.3, 0.4) is 0 Å². The molecule has 1 nitrogen and oxygen atoms in total. The molecule has 0 aliphatic heterocycles. The molecule has 0 aliphatic carbocycles. The van der Waals surface area contributed by atoms with Crippen molar-refractivity contribution >= 4 is 29.5 Å². The predicted octanol–water partition coefficient (Wildman–Crippen LogP) is 4.10. The van der Waals surface area contributed by atoms with Gasteiger partial charge in [-0.15, -0.1) is 0 Å². The Hall–Kier alpha value is -2.11. The molecule has 0 spiro atoms. The number of hydrogen-bond acceptors (Lipinski definition) is 1. The van der Waals surface area contributed by atoms with E-state index in [1.165, 1.54) is 32.7 Å². The van der Waals surface area contributed by atoms with Crippen LogP contribution in [0.4, 0.5) is 5.69 Å². The minimum atomic E-state index is -0.568. The summed E-state index contributed by atoms with van der Waals surface area (Å²) in [6, 6.07) is 26.3. The van der Waals surface area contributed by atoms with Gasteiger partial charge in [0.2, 0.25) is 0 Å². The molecular formula is C21H22NP. The summed E-state index contributed by atoms with van der Waals surface area (Å²) in [5.41, 5.74) is 3.88. The normalized spacial score (nSPS) is 10.8. The molecule has 0 atom stereocenters. The van der Waals surface area contributed by atoms with Gasteiger partial charge >= 0.3 is 0 Å². The average Bonchev–Trinajstić information content (AvgIpc) is 2.57. The topological polar surface area (TPSA) is 12.0 Å². The lowest BCUT2D eigenvalue weighted by atomic mass is 10.1. The highest BCUT2D eigenvalue weighted by Crippen LogP contribution is 2.37. The Kier molecular flexibility index (Phi) is 4.79.